The third-order valence-corrected chi connectivity index (χ3v) is 7.88. The molecule has 3 aromatic carbocycles. The SMILES string of the molecule is CCOC(=O)CNC(=O)Nc1ccc([C@H]2O[C@@H](CSc3ccccc3OC)[C@@H](C)[C@@H](c3ccc(CO)cc3)O2)cc1. The lowest BCUT2D eigenvalue weighted by Crippen LogP contribution is -2.38. The number of hydrogen-bond donors (Lipinski definition) is 3. The van der Waals surface area contributed by atoms with Crippen molar-refractivity contribution in [1.82, 2.24) is 5.32 Å². The molecular formula is C31H36N2O7S. The molecule has 3 N–H and O–H groups in total. The zero-order valence-corrected chi connectivity index (χ0v) is 24.2. The zero-order valence-electron chi connectivity index (χ0n) is 23.4. The number of para-hydroxylation sites is 1. The molecule has 2 amide bonds. The second kappa shape index (κ2) is 14.9. The van der Waals surface area contributed by atoms with Gasteiger partial charge in [-0.1, -0.05) is 55.5 Å². The van der Waals surface area contributed by atoms with Gasteiger partial charge in [-0.25, -0.2) is 4.79 Å². The molecule has 0 bridgehead atoms. The van der Waals surface area contributed by atoms with E-state index in [2.05, 4.69) is 17.6 Å². The quantitative estimate of drug-likeness (QED) is 0.202. The lowest BCUT2D eigenvalue weighted by molar-refractivity contribution is -0.268. The number of nitrogens with one attached hydrogen (secondary N) is 2. The molecular weight excluding hydrogens is 544 g/mol. The first kappa shape index (κ1) is 30.4. The highest BCUT2D eigenvalue weighted by atomic mass is 32.2. The number of aliphatic hydroxyl groups is 1. The first-order valence-corrected chi connectivity index (χ1v) is 14.5. The Hall–Kier alpha value is -3.57. The Bertz CT molecular complexity index is 1290. The van der Waals surface area contributed by atoms with Crippen molar-refractivity contribution in [2.75, 3.05) is 31.3 Å². The predicted molar refractivity (Wildman–Crippen MR) is 157 cm³/mol. The highest BCUT2D eigenvalue weighted by Gasteiger charge is 2.38. The Balaban J connectivity index is 1.49. The van der Waals surface area contributed by atoms with Crippen LogP contribution in [-0.2, 0) is 25.6 Å². The van der Waals surface area contributed by atoms with Gasteiger partial charge in [0.25, 0.3) is 0 Å². The van der Waals surface area contributed by atoms with Crippen LogP contribution in [0.4, 0.5) is 10.5 Å². The number of carbonyl (C=O) groups excluding carboxylic acids is 2. The van der Waals surface area contributed by atoms with Gasteiger partial charge in [-0.15, -0.1) is 11.8 Å². The maximum atomic E-state index is 12.2. The van der Waals surface area contributed by atoms with Crippen molar-refractivity contribution in [3.05, 3.63) is 89.5 Å². The van der Waals surface area contributed by atoms with E-state index >= 15 is 0 Å². The molecule has 0 saturated carbocycles. The van der Waals surface area contributed by atoms with Crippen LogP contribution in [0.5, 0.6) is 5.75 Å². The summed E-state index contributed by atoms with van der Waals surface area (Å²) in [6.07, 6.45) is -1.02. The summed E-state index contributed by atoms with van der Waals surface area (Å²) < 4.78 is 23.4. The second-order valence-electron chi connectivity index (χ2n) is 9.52. The van der Waals surface area contributed by atoms with Crippen LogP contribution in [0.3, 0.4) is 0 Å². The summed E-state index contributed by atoms with van der Waals surface area (Å²) in [5.74, 6) is 1.04. The van der Waals surface area contributed by atoms with E-state index in [4.69, 9.17) is 18.9 Å². The van der Waals surface area contributed by atoms with Crippen LogP contribution in [-0.4, -0.2) is 49.2 Å². The van der Waals surface area contributed by atoms with Crippen molar-refractivity contribution in [2.24, 2.45) is 5.92 Å². The molecule has 1 saturated heterocycles. The van der Waals surface area contributed by atoms with Gasteiger partial charge in [0.15, 0.2) is 6.29 Å². The molecule has 0 aliphatic carbocycles. The Labute approximate surface area is 244 Å². The Morgan fingerprint density at radius 2 is 1.68 bits per heavy atom. The maximum Gasteiger partial charge on any atom is 0.325 e. The van der Waals surface area contributed by atoms with Crippen molar-refractivity contribution >= 4 is 29.4 Å². The normalized spacial score (nSPS) is 20.2. The number of aliphatic hydroxyl groups excluding tert-OH is 1. The number of rotatable bonds is 11. The molecule has 1 fully saturated rings. The van der Waals surface area contributed by atoms with E-state index in [0.29, 0.717) is 11.4 Å². The van der Waals surface area contributed by atoms with E-state index < -0.39 is 18.3 Å². The van der Waals surface area contributed by atoms with Gasteiger partial charge in [0.05, 0.1) is 32.5 Å². The lowest BCUT2D eigenvalue weighted by atomic mass is 9.91. The van der Waals surface area contributed by atoms with Crippen molar-refractivity contribution in [3.63, 3.8) is 0 Å². The van der Waals surface area contributed by atoms with Gasteiger partial charge >= 0.3 is 12.0 Å². The van der Waals surface area contributed by atoms with Crippen LogP contribution in [0.25, 0.3) is 0 Å². The molecule has 41 heavy (non-hydrogen) atoms. The number of anilines is 1. The summed E-state index contributed by atoms with van der Waals surface area (Å²) in [6.45, 7) is 3.84. The summed E-state index contributed by atoms with van der Waals surface area (Å²) in [6, 6.07) is 22.4. The molecule has 9 nitrogen and oxygen atoms in total. The number of carbonyl (C=O) groups is 2. The van der Waals surface area contributed by atoms with E-state index in [1.165, 1.54) is 0 Å². The van der Waals surface area contributed by atoms with Gasteiger partial charge in [-0.2, -0.15) is 0 Å². The molecule has 0 unspecified atom stereocenters. The molecule has 1 aliphatic rings. The third kappa shape index (κ3) is 8.23. The van der Waals surface area contributed by atoms with E-state index in [-0.39, 0.29) is 37.9 Å². The predicted octanol–water partition coefficient (Wildman–Crippen LogP) is 5.46. The number of urea groups is 1. The number of hydrogen-bond acceptors (Lipinski definition) is 8. The fraction of sp³-hybridized carbons (Fsp3) is 0.355. The van der Waals surface area contributed by atoms with Crippen LogP contribution < -0.4 is 15.4 Å². The van der Waals surface area contributed by atoms with Crippen LogP contribution in [0, 0.1) is 5.92 Å². The van der Waals surface area contributed by atoms with E-state index in [0.717, 1.165) is 27.3 Å². The lowest BCUT2D eigenvalue weighted by Gasteiger charge is -2.41. The molecule has 218 valence electrons. The van der Waals surface area contributed by atoms with Crippen LogP contribution in [0.1, 0.15) is 42.9 Å². The Morgan fingerprint density at radius 3 is 2.37 bits per heavy atom. The van der Waals surface area contributed by atoms with E-state index in [1.807, 2.05) is 60.7 Å². The first-order chi connectivity index (χ1) is 19.9. The minimum absolute atomic E-state index is 0.0213. The van der Waals surface area contributed by atoms with Gasteiger partial charge < -0.3 is 34.7 Å². The molecule has 10 heteroatoms. The topological polar surface area (TPSA) is 115 Å². The first-order valence-electron chi connectivity index (χ1n) is 13.5. The average molecular weight is 581 g/mol. The zero-order chi connectivity index (χ0) is 29.2. The fourth-order valence-corrected chi connectivity index (χ4v) is 5.68. The van der Waals surface area contributed by atoms with Crippen LogP contribution in [0.2, 0.25) is 0 Å². The molecule has 1 heterocycles. The molecule has 1 aliphatic heterocycles. The largest absolute Gasteiger partial charge is 0.496 e. The number of benzene rings is 3. The van der Waals surface area contributed by atoms with Crippen LogP contribution >= 0.6 is 11.8 Å². The molecule has 0 spiro atoms. The summed E-state index contributed by atoms with van der Waals surface area (Å²) >= 11 is 1.68. The molecule has 4 rings (SSSR count). The minimum atomic E-state index is -0.635. The fourth-order valence-electron chi connectivity index (χ4n) is 4.48. The minimum Gasteiger partial charge on any atom is -0.496 e. The summed E-state index contributed by atoms with van der Waals surface area (Å²) in [5, 5.41) is 14.7. The van der Waals surface area contributed by atoms with Crippen molar-refractivity contribution in [3.8, 4) is 5.75 Å². The number of esters is 1. The van der Waals surface area contributed by atoms with Crippen molar-refractivity contribution < 1.29 is 33.6 Å². The number of methoxy groups -OCH3 is 1. The smallest absolute Gasteiger partial charge is 0.325 e. The van der Waals surface area contributed by atoms with Gasteiger partial charge in [0.1, 0.15) is 12.3 Å². The van der Waals surface area contributed by atoms with E-state index in [1.54, 1.807) is 37.9 Å². The van der Waals surface area contributed by atoms with Gasteiger partial charge in [0.2, 0.25) is 0 Å². The molecule has 3 aromatic rings. The number of ether oxygens (including phenoxy) is 4. The average Bonchev–Trinajstić information content (AvgIpc) is 3.00. The second-order valence-corrected chi connectivity index (χ2v) is 10.6. The highest BCUT2D eigenvalue weighted by molar-refractivity contribution is 7.99. The third-order valence-electron chi connectivity index (χ3n) is 6.73. The Morgan fingerprint density at radius 1 is 0.976 bits per heavy atom. The van der Waals surface area contributed by atoms with Crippen LogP contribution in [0.15, 0.2) is 77.7 Å². The molecule has 4 atom stereocenters. The Kier molecular flexibility index (Phi) is 11.0. The summed E-state index contributed by atoms with van der Waals surface area (Å²) in [7, 11) is 1.66. The molecule has 0 aromatic heterocycles. The molecule has 0 radical (unpaired) electrons. The standard InChI is InChI=1S/C31H36N2O7S/c1-4-38-28(35)17-32-31(36)33-24-15-13-23(14-16-24)30-39-26(19-41-27-8-6-5-7-25(27)37-3)20(2)29(40-30)22-11-9-21(18-34)10-12-22/h5-16,20,26,29-30,34H,4,17-19H2,1-3H3,(H2,32,33,36)/t20-,26+,29+,30+/m1/s1. The maximum absolute atomic E-state index is 12.2. The van der Waals surface area contributed by atoms with Crippen molar-refractivity contribution in [2.45, 2.75) is 43.8 Å². The van der Waals surface area contributed by atoms with Gasteiger partial charge in [-0.05, 0) is 42.3 Å². The van der Waals surface area contributed by atoms with Crippen molar-refractivity contribution in [1.29, 1.82) is 0 Å². The summed E-state index contributed by atoms with van der Waals surface area (Å²) in [5.41, 5.74) is 3.20. The number of amides is 2. The highest BCUT2D eigenvalue weighted by Crippen LogP contribution is 2.43. The number of thioether (sulfide) groups is 1. The van der Waals surface area contributed by atoms with Gasteiger partial charge in [0, 0.05) is 27.8 Å². The monoisotopic (exact) mass is 580 g/mol. The van der Waals surface area contributed by atoms with Gasteiger partial charge in [-0.3, -0.25) is 4.79 Å². The van der Waals surface area contributed by atoms with E-state index in [9.17, 15) is 14.7 Å². The summed E-state index contributed by atoms with van der Waals surface area (Å²) in [4.78, 5) is 24.7.